The van der Waals surface area contributed by atoms with Gasteiger partial charge in [0, 0.05) is 30.7 Å². The van der Waals surface area contributed by atoms with Gasteiger partial charge in [0.25, 0.3) is 5.69 Å². The summed E-state index contributed by atoms with van der Waals surface area (Å²) in [4.78, 5) is 17.1. The molecule has 108 valence electrons. The number of aromatic nitrogens is 1. The van der Waals surface area contributed by atoms with Crippen LogP contribution in [0.5, 0.6) is 0 Å². The maximum atomic E-state index is 10.9. The molecule has 0 aromatic carbocycles. The lowest BCUT2D eigenvalue weighted by Crippen LogP contribution is -2.36. The van der Waals surface area contributed by atoms with Gasteiger partial charge in [-0.2, -0.15) is 0 Å². The summed E-state index contributed by atoms with van der Waals surface area (Å²) >= 11 is 3.48. The maximum Gasteiger partial charge on any atom is 0.291 e. The number of anilines is 1. The van der Waals surface area contributed by atoms with Crippen molar-refractivity contribution in [2.24, 2.45) is 0 Å². The molecule has 0 aliphatic carbocycles. The Hall–Kier alpha value is -1.21. The molecule has 6 nitrogen and oxygen atoms in total. The molecule has 2 fully saturated rings. The van der Waals surface area contributed by atoms with E-state index in [9.17, 15) is 10.1 Å². The lowest BCUT2D eigenvalue weighted by Gasteiger charge is -2.26. The molecule has 1 N–H and O–H groups in total. The first kappa shape index (κ1) is 13.8. The van der Waals surface area contributed by atoms with Crippen molar-refractivity contribution in [2.45, 2.75) is 38.3 Å². The molecule has 0 saturated carbocycles. The van der Waals surface area contributed by atoms with E-state index < -0.39 is 0 Å². The van der Waals surface area contributed by atoms with E-state index in [1.165, 1.54) is 19.0 Å². The van der Waals surface area contributed by atoms with Crippen LogP contribution < -0.4 is 10.2 Å². The molecular formula is C13H17BrN4O2. The molecule has 20 heavy (non-hydrogen) atoms. The van der Waals surface area contributed by atoms with Gasteiger partial charge in [0.05, 0.1) is 9.40 Å². The number of halogens is 1. The van der Waals surface area contributed by atoms with E-state index in [0.29, 0.717) is 17.6 Å². The van der Waals surface area contributed by atoms with Crippen LogP contribution in [0.1, 0.15) is 24.8 Å². The van der Waals surface area contributed by atoms with Crippen LogP contribution in [0.4, 0.5) is 11.5 Å². The molecule has 2 saturated heterocycles. The van der Waals surface area contributed by atoms with Crippen LogP contribution in [0.25, 0.3) is 0 Å². The summed E-state index contributed by atoms with van der Waals surface area (Å²) in [6.07, 6.45) is 4.92. The topological polar surface area (TPSA) is 71.3 Å². The fourth-order valence-electron chi connectivity index (χ4n) is 3.10. The van der Waals surface area contributed by atoms with Gasteiger partial charge in [0.2, 0.25) is 0 Å². The van der Waals surface area contributed by atoms with Gasteiger partial charge in [-0.25, -0.2) is 4.98 Å². The summed E-state index contributed by atoms with van der Waals surface area (Å²) in [5.41, 5.74) is 0.706. The van der Waals surface area contributed by atoms with Crippen LogP contribution in [0.3, 0.4) is 0 Å². The van der Waals surface area contributed by atoms with Crippen LogP contribution in [-0.2, 0) is 0 Å². The Labute approximate surface area is 125 Å². The summed E-state index contributed by atoms with van der Waals surface area (Å²) in [5, 5.41) is 14.6. The summed E-state index contributed by atoms with van der Waals surface area (Å²) < 4.78 is 0.740. The van der Waals surface area contributed by atoms with Gasteiger partial charge in [0.15, 0.2) is 0 Å². The predicted molar refractivity (Wildman–Crippen MR) is 80.1 cm³/mol. The van der Waals surface area contributed by atoms with Gasteiger partial charge in [-0.15, -0.1) is 0 Å². The second-order valence-electron chi connectivity index (χ2n) is 5.54. The number of nitrogens with zero attached hydrogens (tertiary/aromatic N) is 3. The lowest BCUT2D eigenvalue weighted by atomic mass is 10.1. The molecular weight excluding hydrogens is 324 g/mol. The van der Waals surface area contributed by atoms with E-state index in [-0.39, 0.29) is 10.6 Å². The third-order valence-electron chi connectivity index (χ3n) is 4.24. The third-order valence-corrected chi connectivity index (χ3v) is 5.19. The summed E-state index contributed by atoms with van der Waals surface area (Å²) in [6, 6.07) is 1.12. The number of rotatable bonds is 2. The largest absolute Gasteiger partial charge is 0.354 e. The Morgan fingerprint density at radius 1 is 1.45 bits per heavy atom. The Bertz CT molecular complexity index is 551. The Kier molecular flexibility index (Phi) is 3.64. The zero-order valence-electron chi connectivity index (χ0n) is 11.3. The zero-order valence-corrected chi connectivity index (χ0v) is 12.9. The van der Waals surface area contributed by atoms with Crippen molar-refractivity contribution in [3.63, 3.8) is 0 Å². The van der Waals surface area contributed by atoms with E-state index in [2.05, 4.69) is 31.1 Å². The number of hydrogen-bond acceptors (Lipinski definition) is 5. The van der Waals surface area contributed by atoms with Crippen molar-refractivity contribution in [2.75, 3.05) is 18.0 Å². The Morgan fingerprint density at radius 3 is 2.95 bits per heavy atom. The van der Waals surface area contributed by atoms with Gasteiger partial charge < -0.3 is 10.2 Å². The van der Waals surface area contributed by atoms with Gasteiger partial charge in [-0.05, 0) is 42.1 Å². The van der Waals surface area contributed by atoms with E-state index in [0.717, 1.165) is 29.8 Å². The van der Waals surface area contributed by atoms with E-state index in [1.54, 1.807) is 6.92 Å². The molecule has 0 amide bonds. The molecule has 1 aromatic heterocycles. The van der Waals surface area contributed by atoms with Crippen molar-refractivity contribution >= 4 is 27.4 Å². The predicted octanol–water partition coefficient (Wildman–Crippen LogP) is 2.39. The average Bonchev–Trinajstić information content (AvgIpc) is 2.73. The van der Waals surface area contributed by atoms with Crippen LogP contribution in [0, 0.1) is 17.0 Å². The first-order valence-corrected chi connectivity index (χ1v) is 7.66. The third kappa shape index (κ3) is 2.40. The standard InChI is InChI=1S/C13H17BrN4O2/c1-8-11(18(19)20)6-15-13(12(8)14)17-5-4-9-2-3-10(7-17)16-9/h6,9-10,16H,2-5,7H2,1H3. The van der Waals surface area contributed by atoms with Crippen molar-refractivity contribution in [3.8, 4) is 0 Å². The lowest BCUT2D eigenvalue weighted by molar-refractivity contribution is -0.385. The van der Waals surface area contributed by atoms with Gasteiger partial charge in [-0.1, -0.05) is 0 Å². The molecule has 2 bridgehead atoms. The minimum absolute atomic E-state index is 0.0649. The smallest absolute Gasteiger partial charge is 0.291 e. The maximum absolute atomic E-state index is 10.9. The molecule has 3 rings (SSSR count). The number of nitro groups is 1. The fraction of sp³-hybridized carbons (Fsp3) is 0.615. The summed E-state index contributed by atoms with van der Waals surface area (Å²) in [5.74, 6) is 0.822. The highest BCUT2D eigenvalue weighted by atomic mass is 79.9. The van der Waals surface area contributed by atoms with Crippen molar-refractivity contribution < 1.29 is 4.92 Å². The van der Waals surface area contributed by atoms with Gasteiger partial charge in [-0.3, -0.25) is 10.1 Å². The van der Waals surface area contributed by atoms with E-state index in [1.807, 2.05) is 0 Å². The molecule has 2 unspecified atom stereocenters. The van der Waals surface area contributed by atoms with Gasteiger partial charge in [0.1, 0.15) is 12.0 Å². The number of fused-ring (bicyclic) bond motifs is 2. The Balaban J connectivity index is 1.90. The molecule has 7 heteroatoms. The zero-order chi connectivity index (χ0) is 14.3. The van der Waals surface area contributed by atoms with Crippen LogP contribution >= 0.6 is 15.9 Å². The second-order valence-corrected chi connectivity index (χ2v) is 6.33. The first-order valence-electron chi connectivity index (χ1n) is 6.86. The average molecular weight is 341 g/mol. The van der Waals surface area contributed by atoms with E-state index in [4.69, 9.17) is 0 Å². The molecule has 3 heterocycles. The van der Waals surface area contributed by atoms with Crippen molar-refractivity contribution in [1.29, 1.82) is 0 Å². The minimum atomic E-state index is -0.386. The molecule has 1 aromatic rings. The number of nitrogens with one attached hydrogen (secondary N) is 1. The normalized spacial score (nSPS) is 25.6. The van der Waals surface area contributed by atoms with Crippen LogP contribution in [-0.4, -0.2) is 35.1 Å². The number of pyridine rings is 1. The Morgan fingerprint density at radius 2 is 2.20 bits per heavy atom. The highest BCUT2D eigenvalue weighted by Gasteiger charge is 2.31. The molecule has 2 aliphatic rings. The minimum Gasteiger partial charge on any atom is -0.354 e. The monoisotopic (exact) mass is 340 g/mol. The van der Waals surface area contributed by atoms with Gasteiger partial charge >= 0.3 is 0 Å². The molecule has 2 atom stereocenters. The second kappa shape index (κ2) is 5.29. The highest BCUT2D eigenvalue weighted by Crippen LogP contribution is 2.34. The molecule has 0 spiro atoms. The van der Waals surface area contributed by atoms with Crippen LogP contribution in [0.15, 0.2) is 10.7 Å². The van der Waals surface area contributed by atoms with Crippen LogP contribution in [0.2, 0.25) is 0 Å². The van der Waals surface area contributed by atoms with Crippen molar-refractivity contribution in [3.05, 3.63) is 26.3 Å². The quantitative estimate of drug-likeness (QED) is 0.661. The molecule has 0 radical (unpaired) electrons. The van der Waals surface area contributed by atoms with Crippen molar-refractivity contribution in [1.82, 2.24) is 10.3 Å². The summed E-state index contributed by atoms with van der Waals surface area (Å²) in [6.45, 7) is 3.62. The number of hydrogen-bond donors (Lipinski definition) is 1. The summed E-state index contributed by atoms with van der Waals surface area (Å²) in [7, 11) is 0. The fourth-order valence-corrected chi connectivity index (χ4v) is 3.65. The SMILES string of the molecule is Cc1c([N+](=O)[O-])cnc(N2CCC3CCC(C2)N3)c1Br. The van der Waals surface area contributed by atoms with E-state index >= 15 is 0 Å². The molecule has 2 aliphatic heterocycles. The first-order chi connectivity index (χ1) is 9.56. The highest BCUT2D eigenvalue weighted by molar-refractivity contribution is 9.10.